The summed E-state index contributed by atoms with van der Waals surface area (Å²) in [6.45, 7) is 5.87. The first-order valence-corrected chi connectivity index (χ1v) is 8.38. The van der Waals surface area contributed by atoms with Crippen LogP contribution >= 0.6 is 23.2 Å². The van der Waals surface area contributed by atoms with Crippen LogP contribution in [0.25, 0.3) is 5.69 Å². The van der Waals surface area contributed by atoms with Gasteiger partial charge in [0, 0.05) is 5.02 Å². The zero-order valence-electron chi connectivity index (χ0n) is 14.0. The third-order valence-electron chi connectivity index (χ3n) is 4.02. The Morgan fingerprint density at radius 1 is 1.04 bits per heavy atom. The first kappa shape index (κ1) is 17.5. The van der Waals surface area contributed by atoms with Gasteiger partial charge in [0.1, 0.15) is 0 Å². The summed E-state index contributed by atoms with van der Waals surface area (Å²) in [5, 5.41) is 11.7. The molecule has 1 heterocycles. The summed E-state index contributed by atoms with van der Waals surface area (Å²) < 4.78 is 1.64. The number of aromatic nitrogens is 3. The third-order valence-corrected chi connectivity index (χ3v) is 4.59. The van der Waals surface area contributed by atoms with Crippen molar-refractivity contribution in [2.24, 2.45) is 0 Å². The van der Waals surface area contributed by atoms with Crippen molar-refractivity contribution < 1.29 is 4.79 Å². The van der Waals surface area contributed by atoms with E-state index in [0.717, 1.165) is 11.3 Å². The van der Waals surface area contributed by atoms with E-state index in [1.54, 1.807) is 29.8 Å². The van der Waals surface area contributed by atoms with Gasteiger partial charge in [-0.25, -0.2) is 4.68 Å². The van der Waals surface area contributed by atoms with Crippen molar-refractivity contribution in [1.29, 1.82) is 0 Å². The quantitative estimate of drug-likeness (QED) is 0.719. The highest BCUT2D eigenvalue weighted by molar-refractivity contribution is 6.35. The van der Waals surface area contributed by atoms with Crippen LogP contribution < -0.4 is 5.32 Å². The molecule has 0 bridgehead atoms. The second-order valence-corrected chi connectivity index (χ2v) is 6.63. The monoisotopic (exact) mass is 374 g/mol. The van der Waals surface area contributed by atoms with E-state index < -0.39 is 5.91 Å². The minimum Gasteiger partial charge on any atom is -0.319 e. The van der Waals surface area contributed by atoms with E-state index in [1.165, 1.54) is 5.56 Å². The van der Waals surface area contributed by atoms with Gasteiger partial charge < -0.3 is 5.32 Å². The van der Waals surface area contributed by atoms with Gasteiger partial charge in [-0.1, -0.05) is 34.5 Å². The molecule has 1 N–H and O–H groups in total. The van der Waals surface area contributed by atoms with Gasteiger partial charge in [0.25, 0.3) is 5.91 Å². The third kappa shape index (κ3) is 3.52. The van der Waals surface area contributed by atoms with E-state index in [0.29, 0.717) is 21.4 Å². The number of nitrogens with zero attached hydrogens (tertiary/aromatic N) is 3. The molecule has 5 nitrogen and oxygen atoms in total. The molecular formula is C18H16Cl2N4O. The lowest BCUT2D eigenvalue weighted by Gasteiger charge is -2.08. The minimum atomic E-state index is -0.392. The molecule has 0 aliphatic rings. The number of carbonyl (C=O) groups excluding carboxylic acids is 1. The second kappa shape index (κ2) is 6.86. The van der Waals surface area contributed by atoms with Gasteiger partial charge in [0.2, 0.25) is 0 Å². The Morgan fingerprint density at radius 3 is 2.52 bits per heavy atom. The summed E-state index contributed by atoms with van der Waals surface area (Å²) in [7, 11) is 0. The Morgan fingerprint density at radius 2 is 1.80 bits per heavy atom. The Hall–Kier alpha value is -2.37. The zero-order valence-corrected chi connectivity index (χ0v) is 15.5. The van der Waals surface area contributed by atoms with Crippen molar-refractivity contribution >= 4 is 34.8 Å². The molecule has 3 aromatic rings. The first-order valence-electron chi connectivity index (χ1n) is 7.63. The Labute approximate surface area is 155 Å². The van der Waals surface area contributed by atoms with Crippen molar-refractivity contribution in [3.63, 3.8) is 0 Å². The zero-order chi connectivity index (χ0) is 18.1. The SMILES string of the molecule is Cc1ccc(-n2nnc(C(=O)Nc3cc(Cl)ccc3Cl)c2C)cc1C. The highest BCUT2D eigenvalue weighted by atomic mass is 35.5. The number of benzene rings is 2. The molecule has 2 aromatic carbocycles. The van der Waals surface area contributed by atoms with Crippen LogP contribution in [0.5, 0.6) is 0 Å². The van der Waals surface area contributed by atoms with Gasteiger partial charge in [-0.15, -0.1) is 5.10 Å². The lowest BCUT2D eigenvalue weighted by Crippen LogP contribution is -2.14. The molecule has 0 fully saturated rings. The van der Waals surface area contributed by atoms with Crippen LogP contribution in [0, 0.1) is 20.8 Å². The second-order valence-electron chi connectivity index (χ2n) is 5.78. The van der Waals surface area contributed by atoms with E-state index in [1.807, 2.05) is 32.0 Å². The molecule has 0 aliphatic heterocycles. The molecule has 0 atom stereocenters. The number of amides is 1. The van der Waals surface area contributed by atoms with E-state index in [-0.39, 0.29) is 5.69 Å². The number of halogens is 2. The van der Waals surface area contributed by atoms with E-state index in [2.05, 4.69) is 15.6 Å². The average molecular weight is 375 g/mol. The number of nitrogens with one attached hydrogen (secondary N) is 1. The number of aryl methyl sites for hydroxylation is 2. The first-order chi connectivity index (χ1) is 11.9. The molecule has 0 radical (unpaired) electrons. The molecule has 0 saturated carbocycles. The number of anilines is 1. The van der Waals surface area contributed by atoms with E-state index in [4.69, 9.17) is 23.2 Å². The smallest absolute Gasteiger partial charge is 0.278 e. The molecular weight excluding hydrogens is 359 g/mol. The lowest BCUT2D eigenvalue weighted by atomic mass is 10.1. The maximum absolute atomic E-state index is 12.5. The predicted molar refractivity (Wildman–Crippen MR) is 100.0 cm³/mol. The van der Waals surface area contributed by atoms with Crippen LogP contribution in [0.4, 0.5) is 5.69 Å². The van der Waals surface area contributed by atoms with Crippen LogP contribution in [-0.2, 0) is 0 Å². The molecule has 0 aliphatic carbocycles. The van der Waals surface area contributed by atoms with Gasteiger partial charge >= 0.3 is 0 Å². The fraction of sp³-hybridized carbons (Fsp3) is 0.167. The molecule has 0 unspecified atom stereocenters. The Kier molecular flexibility index (Phi) is 4.79. The van der Waals surface area contributed by atoms with Gasteiger partial charge in [-0.2, -0.15) is 0 Å². The highest BCUT2D eigenvalue weighted by Crippen LogP contribution is 2.26. The molecule has 1 aromatic heterocycles. The fourth-order valence-corrected chi connectivity index (χ4v) is 2.75. The normalized spacial score (nSPS) is 10.8. The van der Waals surface area contributed by atoms with Crippen molar-refractivity contribution in [2.45, 2.75) is 20.8 Å². The summed E-state index contributed by atoms with van der Waals surface area (Å²) in [5.41, 5.74) is 4.49. The van der Waals surface area contributed by atoms with Crippen LogP contribution in [0.1, 0.15) is 27.3 Å². The van der Waals surface area contributed by atoms with Crippen molar-refractivity contribution in [3.05, 3.63) is 69.0 Å². The molecule has 7 heteroatoms. The molecule has 128 valence electrons. The van der Waals surface area contributed by atoms with Gasteiger partial charge in [-0.3, -0.25) is 4.79 Å². The van der Waals surface area contributed by atoms with Crippen molar-refractivity contribution in [3.8, 4) is 5.69 Å². The lowest BCUT2D eigenvalue weighted by molar-refractivity contribution is 0.102. The van der Waals surface area contributed by atoms with Crippen LogP contribution in [0.3, 0.4) is 0 Å². The highest BCUT2D eigenvalue weighted by Gasteiger charge is 2.18. The largest absolute Gasteiger partial charge is 0.319 e. The van der Waals surface area contributed by atoms with E-state index in [9.17, 15) is 4.79 Å². The summed E-state index contributed by atoms with van der Waals surface area (Å²) in [6.07, 6.45) is 0. The minimum absolute atomic E-state index is 0.231. The molecule has 25 heavy (non-hydrogen) atoms. The predicted octanol–water partition coefficient (Wildman–Crippen LogP) is 4.75. The Balaban J connectivity index is 1.91. The summed E-state index contributed by atoms with van der Waals surface area (Å²) in [5.74, 6) is -0.392. The van der Waals surface area contributed by atoms with Crippen molar-refractivity contribution in [2.75, 3.05) is 5.32 Å². The summed E-state index contributed by atoms with van der Waals surface area (Å²) in [6, 6.07) is 10.8. The van der Waals surface area contributed by atoms with Crippen LogP contribution in [-0.4, -0.2) is 20.9 Å². The maximum atomic E-state index is 12.5. The fourth-order valence-electron chi connectivity index (χ4n) is 2.42. The maximum Gasteiger partial charge on any atom is 0.278 e. The Bertz CT molecular complexity index is 966. The van der Waals surface area contributed by atoms with Gasteiger partial charge in [-0.05, 0) is 62.2 Å². The molecule has 3 rings (SSSR count). The summed E-state index contributed by atoms with van der Waals surface area (Å²) >= 11 is 12.0. The van der Waals surface area contributed by atoms with Crippen LogP contribution in [0.15, 0.2) is 36.4 Å². The standard InChI is InChI=1S/C18H16Cl2N4O/c1-10-4-6-14(8-11(10)2)24-12(3)17(22-23-24)18(25)21-16-9-13(19)5-7-15(16)20/h4-9H,1-3H3,(H,21,25). The van der Waals surface area contributed by atoms with Gasteiger partial charge in [0.15, 0.2) is 5.69 Å². The van der Waals surface area contributed by atoms with E-state index >= 15 is 0 Å². The molecule has 0 spiro atoms. The topological polar surface area (TPSA) is 59.8 Å². The summed E-state index contributed by atoms with van der Waals surface area (Å²) in [4.78, 5) is 12.5. The molecule has 0 saturated heterocycles. The van der Waals surface area contributed by atoms with Crippen LogP contribution in [0.2, 0.25) is 10.0 Å². The number of carbonyl (C=O) groups is 1. The number of rotatable bonds is 3. The molecule has 1 amide bonds. The number of hydrogen-bond donors (Lipinski definition) is 1. The number of hydrogen-bond acceptors (Lipinski definition) is 3. The average Bonchev–Trinajstić information content (AvgIpc) is 2.95. The van der Waals surface area contributed by atoms with Crippen molar-refractivity contribution in [1.82, 2.24) is 15.0 Å². The van der Waals surface area contributed by atoms with Gasteiger partial charge in [0.05, 0.1) is 22.1 Å².